The van der Waals surface area contributed by atoms with Gasteiger partial charge >= 0.3 is 0 Å². The summed E-state index contributed by atoms with van der Waals surface area (Å²) in [4.78, 5) is 7.34. The van der Waals surface area contributed by atoms with Crippen molar-refractivity contribution in [2.24, 2.45) is 0 Å². The van der Waals surface area contributed by atoms with Gasteiger partial charge in [-0.3, -0.25) is 4.90 Å². The lowest BCUT2D eigenvalue weighted by Gasteiger charge is -2.43. The Hall–Kier alpha value is -2.45. The highest BCUT2D eigenvalue weighted by molar-refractivity contribution is 6.74. The molecule has 2 aliphatic heterocycles. The minimum Gasteiger partial charge on any atom is -0.408 e. The Morgan fingerprint density at radius 1 is 0.975 bits per heavy atom. The van der Waals surface area contributed by atoms with E-state index in [1.165, 1.54) is 23.3 Å². The van der Waals surface area contributed by atoms with E-state index in [1.807, 2.05) is 19.9 Å². The molecule has 1 aromatic heterocycles. The van der Waals surface area contributed by atoms with Crippen molar-refractivity contribution in [2.75, 3.05) is 13.2 Å². The minimum atomic E-state index is -2.26. The van der Waals surface area contributed by atoms with Crippen molar-refractivity contribution in [2.45, 2.75) is 89.9 Å². The Labute approximate surface area is 238 Å². The normalized spacial score (nSPS) is 20.2. The first-order chi connectivity index (χ1) is 18.7. The van der Waals surface area contributed by atoms with Gasteiger partial charge < -0.3 is 9.16 Å². The fourth-order valence-corrected chi connectivity index (χ4v) is 7.52. The molecule has 2 aliphatic rings. The van der Waals surface area contributed by atoms with Crippen molar-refractivity contribution >= 4 is 8.32 Å². The molecule has 1 unspecified atom stereocenters. The summed E-state index contributed by atoms with van der Waals surface area (Å²) in [5.41, 5.74) is 2.99. The zero-order valence-corrected chi connectivity index (χ0v) is 25.9. The van der Waals surface area contributed by atoms with E-state index in [1.54, 1.807) is 12.1 Å². The zero-order chi connectivity index (χ0) is 28.9. The van der Waals surface area contributed by atoms with E-state index in [0.29, 0.717) is 30.0 Å². The Morgan fingerprint density at radius 2 is 1.60 bits per heavy atom. The number of pyridine rings is 1. The third-order valence-electron chi connectivity index (χ3n) is 9.00. The summed E-state index contributed by atoms with van der Waals surface area (Å²) in [5.74, 6) is -0.799. The Kier molecular flexibility index (Phi) is 7.57. The second-order valence-electron chi connectivity index (χ2n) is 13.5. The third-order valence-corrected chi connectivity index (χ3v) is 13.6. The van der Waals surface area contributed by atoms with Crippen molar-refractivity contribution in [1.82, 2.24) is 9.88 Å². The molecule has 5 rings (SSSR count). The van der Waals surface area contributed by atoms with Crippen LogP contribution in [0.5, 0.6) is 0 Å². The van der Waals surface area contributed by atoms with Crippen LogP contribution in [0, 0.1) is 11.6 Å². The summed E-state index contributed by atoms with van der Waals surface area (Å²) in [6.45, 7) is 17.8. The molecule has 4 nitrogen and oxygen atoms in total. The lowest BCUT2D eigenvalue weighted by molar-refractivity contribution is -0.0326. The molecular weight excluding hydrogens is 522 g/mol. The van der Waals surface area contributed by atoms with E-state index < -0.39 is 25.3 Å². The number of hydrogen-bond acceptors (Lipinski definition) is 4. The molecule has 3 heterocycles. The number of halogens is 2. The molecular formula is C33H42F2N2O2Si. The number of rotatable bonds is 7. The maximum Gasteiger partial charge on any atom is 0.193 e. The lowest BCUT2D eigenvalue weighted by atomic mass is 9.88. The van der Waals surface area contributed by atoms with Gasteiger partial charge in [0, 0.05) is 37.4 Å². The van der Waals surface area contributed by atoms with Crippen LogP contribution >= 0.6 is 0 Å². The van der Waals surface area contributed by atoms with Gasteiger partial charge in [-0.05, 0) is 86.3 Å². The van der Waals surface area contributed by atoms with E-state index in [2.05, 4.69) is 63.0 Å². The summed E-state index contributed by atoms with van der Waals surface area (Å²) in [7, 11) is -2.26. The molecule has 40 heavy (non-hydrogen) atoms. The molecule has 0 saturated carbocycles. The van der Waals surface area contributed by atoms with Crippen molar-refractivity contribution in [3.8, 4) is 11.3 Å². The molecule has 1 fully saturated rings. The molecule has 0 aliphatic carbocycles. The monoisotopic (exact) mass is 564 g/mol. The van der Waals surface area contributed by atoms with Gasteiger partial charge in [0.15, 0.2) is 14.1 Å². The van der Waals surface area contributed by atoms with Crippen LogP contribution in [0.1, 0.15) is 69.8 Å². The van der Waals surface area contributed by atoms with E-state index in [9.17, 15) is 4.39 Å². The standard InChI is InChI=1S/C33H42F2N2O2Si/c1-31(2,3)40(6,7)39-32(4,5)27-19-28(36-30(29(27)35)23-13-15-26(34)16-14-23)33(17-10-18-38-33)22-37-20-24-11-8-9-12-25(24)21-37/h8-9,11-16,19H,10,17-18,20-22H2,1-7H3. The average Bonchev–Trinajstić information content (AvgIpc) is 3.50. The van der Waals surface area contributed by atoms with Crippen LogP contribution in [0.15, 0.2) is 54.6 Å². The molecule has 0 bridgehead atoms. The van der Waals surface area contributed by atoms with Gasteiger partial charge in [-0.2, -0.15) is 0 Å². The van der Waals surface area contributed by atoms with Crippen LogP contribution in [-0.2, 0) is 33.5 Å². The van der Waals surface area contributed by atoms with Gasteiger partial charge in [-0.1, -0.05) is 45.0 Å². The Balaban J connectivity index is 1.61. The predicted octanol–water partition coefficient (Wildman–Crippen LogP) is 8.31. The SMILES string of the molecule is CC(C)(O[Si](C)(C)C(C)(C)C)c1cc(C2(CN3Cc4ccccc4C3)CCCO2)nc(-c2ccc(F)cc2)c1F. The molecule has 1 saturated heterocycles. The zero-order valence-electron chi connectivity index (χ0n) is 24.9. The molecule has 0 N–H and O–H groups in total. The van der Waals surface area contributed by atoms with Crippen LogP contribution in [0.3, 0.4) is 0 Å². The Morgan fingerprint density at radius 3 is 2.15 bits per heavy atom. The number of hydrogen-bond donors (Lipinski definition) is 0. The average molecular weight is 565 g/mol. The molecule has 0 spiro atoms. The van der Waals surface area contributed by atoms with Gasteiger partial charge in [0.1, 0.15) is 17.1 Å². The van der Waals surface area contributed by atoms with Crippen LogP contribution in [0.25, 0.3) is 11.3 Å². The van der Waals surface area contributed by atoms with Gasteiger partial charge in [0.2, 0.25) is 0 Å². The van der Waals surface area contributed by atoms with Crippen molar-refractivity contribution in [1.29, 1.82) is 0 Å². The molecule has 7 heteroatoms. The maximum absolute atomic E-state index is 16.5. The smallest absolute Gasteiger partial charge is 0.193 e. The highest BCUT2D eigenvalue weighted by Gasteiger charge is 2.46. The molecule has 0 amide bonds. The topological polar surface area (TPSA) is 34.6 Å². The highest BCUT2D eigenvalue weighted by Crippen LogP contribution is 2.45. The molecule has 0 radical (unpaired) electrons. The van der Waals surface area contributed by atoms with E-state index in [4.69, 9.17) is 14.1 Å². The maximum atomic E-state index is 16.5. The first kappa shape index (κ1) is 29.1. The lowest BCUT2D eigenvalue weighted by Crippen LogP contribution is -2.47. The van der Waals surface area contributed by atoms with Crippen LogP contribution in [0.2, 0.25) is 18.1 Å². The number of benzene rings is 2. The molecule has 3 aromatic rings. The van der Waals surface area contributed by atoms with Crippen LogP contribution < -0.4 is 0 Å². The van der Waals surface area contributed by atoms with E-state index in [0.717, 1.165) is 25.9 Å². The van der Waals surface area contributed by atoms with E-state index in [-0.39, 0.29) is 16.5 Å². The van der Waals surface area contributed by atoms with E-state index >= 15 is 4.39 Å². The van der Waals surface area contributed by atoms with Crippen LogP contribution in [-0.4, -0.2) is 31.4 Å². The second-order valence-corrected chi connectivity index (χ2v) is 18.2. The summed E-state index contributed by atoms with van der Waals surface area (Å²) < 4.78 is 43.8. The van der Waals surface area contributed by atoms with Crippen molar-refractivity contribution in [3.05, 3.63) is 88.6 Å². The second kappa shape index (κ2) is 10.4. The minimum absolute atomic E-state index is 0.0447. The number of aromatic nitrogens is 1. The first-order valence-electron chi connectivity index (χ1n) is 14.3. The van der Waals surface area contributed by atoms with Crippen LogP contribution in [0.4, 0.5) is 8.78 Å². The molecule has 1 atom stereocenters. The summed E-state index contributed by atoms with van der Waals surface area (Å²) >= 11 is 0. The number of nitrogens with zero attached hydrogens (tertiary/aromatic N) is 2. The van der Waals surface area contributed by atoms with Gasteiger partial charge in [-0.25, -0.2) is 13.8 Å². The predicted molar refractivity (Wildman–Crippen MR) is 158 cm³/mol. The number of ether oxygens (including phenoxy) is 1. The first-order valence-corrected chi connectivity index (χ1v) is 17.2. The molecule has 214 valence electrons. The summed E-state index contributed by atoms with van der Waals surface area (Å²) in [5, 5.41) is -0.0447. The third kappa shape index (κ3) is 5.54. The summed E-state index contributed by atoms with van der Waals surface area (Å²) in [6.07, 6.45) is 1.70. The van der Waals surface area contributed by atoms with Crippen molar-refractivity contribution in [3.63, 3.8) is 0 Å². The van der Waals surface area contributed by atoms with Gasteiger partial charge in [0.05, 0.1) is 11.3 Å². The highest BCUT2D eigenvalue weighted by atomic mass is 28.4. The summed E-state index contributed by atoms with van der Waals surface area (Å²) in [6, 6.07) is 16.3. The fourth-order valence-electron chi connectivity index (χ4n) is 5.83. The molecule has 2 aromatic carbocycles. The fraction of sp³-hybridized carbons (Fsp3) is 0.485. The van der Waals surface area contributed by atoms with Crippen molar-refractivity contribution < 1.29 is 17.9 Å². The Bertz CT molecular complexity index is 1350. The van der Waals surface area contributed by atoms with Gasteiger partial charge in [-0.15, -0.1) is 0 Å². The largest absolute Gasteiger partial charge is 0.408 e. The number of fused-ring (bicyclic) bond motifs is 1. The quantitative estimate of drug-likeness (QED) is 0.270. The van der Waals surface area contributed by atoms with Gasteiger partial charge in [0.25, 0.3) is 0 Å².